The standard InChI is InChI=1S/C14H18N4OS/c1-9-5-3-4-6-10(9)7-8-17-13(19)11-12(15)18-14(16-2)20-11/h3-6H,7-8,15H2,1-2H3,(H,16,18)(H,17,19). The molecule has 1 amide bonds. The topological polar surface area (TPSA) is 80.0 Å². The van der Waals surface area contributed by atoms with Crippen molar-refractivity contribution in [2.75, 3.05) is 24.6 Å². The van der Waals surface area contributed by atoms with Crippen LogP contribution in [-0.2, 0) is 6.42 Å². The van der Waals surface area contributed by atoms with Gasteiger partial charge in [-0.1, -0.05) is 35.6 Å². The number of carbonyl (C=O) groups is 1. The van der Waals surface area contributed by atoms with E-state index in [-0.39, 0.29) is 11.7 Å². The fraction of sp³-hybridized carbons (Fsp3) is 0.286. The minimum Gasteiger partial charge on any atom is -0.382 e. The molecular formula is C14H18N4OS. The third-order valence-corrected chi connectivity index (χ3v) is 4.10. The van der Waals surface area contributed by atoms with E-state index in [9.17, 15) is 4.79 Å². The summed E-state index contributed by atoms with van der Waals surface area (Å²) >= 11 is 1.26. The van der Waals surface area contributed by atoms with Gasteiger partial charge in [0.2, 0.25) is 0 Å². The molecule has 106 valence electrons. The summed E-state index contributed by atoms with van der Waals surface area (Å²) in [7, 11) is 1.75. The predicted molar refractivity (Wildman–Crippen MR) is 83.3 cm³/mol. The molecule has 0 spiro atoms. The maximum absolute atomic E-state index is 12.0. The highest BCUT2D eigenvalue weighted by atomic mass is 32.1. The number of aromatic nitrogens is 1. The molecule has 0 saturated carbocycles. The molecule has 0 atom stereocenters. The van der Waals surface area contributed by atoms with E-state index in [1.54, 1.807) is 7.05 Å². The fourth-order valence-corrected chi connectivity index (χ4v) is 2.64. The molecule has 20 heavy (non-hydrogen) atoms. The number of amides is 1. The van der Waals surface area contributed by atoms with Crippen LogP contribution in [0.25, 0.3) is 0 Å². The zero-order valence-corrected chi connectivity index (χ0v) is 12.4. The number of rotatable bonds is 5. The third kappa shape index (κ3) is 3.27. The first-order valence-electron chi connectivity index (χ1n) is 6.38. The Hall–Kier alpha value is -2.08. The first-order valence-corrected chi connectivity index (χ1v) is 7.20. The molecule has 0 aliphatic heterocycles. The quantitative estimate of drug-likeness (QED) is 0.787. The zero-order valence-electron chi connectivity index (χ0n) is 11.6. The summed E-state index contributed by atoms with van der Waals surface area (Å²) < 4.78 is 0. The highest BCUT2D eigenvalue weighted by Gasteiger charge is 2.15. The van der Waals surface area contributed by atoms with Gasteiger partial charge in [-0.05, 0) is 24.5 Å². The van der Waals surface area contributed by atoms with Gasteiger partial charge in [-0.2, -0.15) is 0 Å². The number of hydrogen-bond acceptors (Lipinski definition) is 5. The number of aryl methyl sites for hydroxylation is 1. The van der Waals surface area contributed by atoms with Gasteiger partial charge in [0.15, 0.2) is 5.13 Å². The van der Waals surface area contributed by atoms with Crippen molar-refractivity contribution in [1.29, 1.82) is 0 Å². The van der Waals surface area contributed by atoms with E-state index in [1.807, 2.05) is 12.1 Å². The van der Waals surface area contributed by atoms with Gasteiger partial charge in [0, 0.05) is 13.6 Å². The number of thiazole rings is 1. The summed E-state index contributed by atoms with van der Waals surface area (Å²) in [6, 6.07) is 8.15. The Kier molecular flexibility index (Phi) is 4.57. The normalized spacial score (nSPS) is 10.3. The summed E-state index contributed by atoms with van der Waals surface area (Å²) in [4.78, 5) is 16.5. The molecule has 2 rings (SSSR count). The van der Waals surface area contributed by atoms with Crippen molar-refractivity contribution < 1.29 is 4.79 Å². The molecule has 6 heteroatoms. The Morgan fingerprint density at radius 3 is 2.80 bits per heavy atom. The molecule has 5 nitrogen and oxygen atoms in total. The van der Waals surface area contributed by atoms with E-state index < -0.39 is 0 Å². The van der Waals surface area contributed by atoms with Gasteiger partial charge in [-0.25, -0.2) is 4.98 Å². The minimum absolute atomic E-state index is 0.171. The average Bonchev–Trinajstić information content (AvgIpc) is 2.82. The number of carbonyl (C=O) groups excluding carboxylic acids is 1. The van der Waals surface area contributed by atoms with Crippen LogP contribution in [0.2, 0.25) is 0 Å². The summed E-state index contributed by atoms with van der Waals surface area (Å²) in [6.07, 6.45) is 0.802. The highest BCUT2D eigenvalue weighted by Crippen LogP contribution is 2.24. The Morgan fingerprint density at radius 1 is 1.40 bits per heavy atom. The molecule has 1 heterocycles. The van der Waals surface area contributed by atoms with Crippen molar-refractivity contribution in [3.8, 4) is 0 Å². The van der Waals surface area contributed by atoms with Crippen LogP contribution in [0.3, 0.4) is 0 Å². The van der Waals surface area contributed by atoms with Gasteiger partial charge in [-0.3, -0.25) is 4.79 Å². The van der Waals surface area contributed by atoms with Crippen LogP contribution in [0.5, 0.6) is 0 Å². The molecule has 0 aliphatic carbocycles. The Balaban J connectivity index is 1.92. The maximum atomic E-state index is 12.0. The molecule has 0 radical (unpaired) electrons. The average molecular weight is 290 g/mol. The van der Waals surface area contributed by atoms with E-state index in [0.29, 0.717) is 16.6 Å². The van der Waals surface area contributed by atoms with Crippen LogP contribution < -0.4 is 16.4 Å². The molecule has 0 aliphatic rings. The second kappa shape index (κ2) is 6.38. The molecule has 0 fully saturated rings. The second-order valence-electron chi connectivity index (χ2n) is 4.42. The van der Waals surface area contributed by atoms with E-state index in [0.717, 1.165) is 6.42 Å². The molecule has 0 unspecified atom stereocenters. The van der Waals surface area contributed by atoms with Crippen molar-refractivity contribution in [2.45, 2.75) is 13.3 Å². The van der Waals surface area contributed by atoms with Crippen LogP contribution in [0.1, 0.15) is 20.8 Å². The molecule has 4 N–H and O–H groups in total. The van der Waals surface area contributed by atoms with E-state index in [2.05, 4.69) is 34.7 Å². The zero-order chi connectivity index (χ0) is 14.5. The van der Waals surface area contributed by atoms with Crippen molar-refractivity contribution in [1.82, 2.24) is 10.3 Å². The summed E-state index contributed by atoms with van der Waals surface area (Å²) in [6.45, 7) is 2.65. The van der Waals surface area contributed by atoms with Crippen molar-refractivity contribution in [2.24, 2.45) is 0 Å². The summed E-state index contributed by atoms with van der Waals surface area (Å²) in [5, 5.41) is 6.40. The molecule has 0 saturated heterocycles. The van der Waals surface area contributed by atoms with Crippen molar-refractivity contribution in [3.05, 3.63) is 40.3 Å². The van der Waals surface area contributed by atoms with Crippen LogP contribution >= 0.6 is 11.3 Å². The molecule has 1 aromatic heterocycles. The first kappa shape index (κ1) is 14.3. The summed E-state index contributed by atoms with van der Waals surface area (Å²) in [5.41, 5.74) is 8.19. The lowest BCUT2D eigenvalue weighted by Gasteiger charge is -2.06. The van der Waals surface area contributed by atoms with E-state index >= 15 is 0 Å². The largest absolute Gasteiger partial charge is 0.382 e. The lowest BCUT2D eigenvalue weighted by molar-refractivity contribution is 0.0959. The number of hydrogen-bond donors (Lipinski definition) is 3. The number of nitrogens with one attached hydrogen (secondary N) is 2. The number of nitrogens with zero attached hydrogens (tertiary/aromatic N) is 1. The van der Waals surface area contributed by atoms with Gasteiger partial charge >= 0.3 is 0 Å². The minimum atomic E-state index is -0.171. The van der Waals surface area contributed by atoms with Gasteiger partial charge in [0.25, 0.3) is 5.91 Å². The number of anilines is 2. The monoisotopic (exact) mass is 290 g/mol. The van der Waals surface area contributed by atoms with E-state index in [1.165, 1.54) is 22.5 Å². The predicted octanol–water partition coefficient (Wildman–Crippen LogP) is 2.05. The fourth-order valence-electron chi connectivity index (χ4n) is 1.88. The smallest absolute Gasteiger partial charge is 0.265 e. The van der Waals surface area contributed by atoms with Crippen molar-refractivity contribution >= 4 is 28.2 Å². The number of nitrogen functional groups attached to an aromatic ring is 1. The second-order valence-corrected chi connectivity index (χ2v) is 5.41. The lowest BCUT2D eigenvalue weighted by atomic mass is 10.1. The third-order valence-electron chi connectivity index (χ3n) is 3.01. The molecule has 1 aromatic carbocycles. The van der Waals surface area contributed by atoms with Crippen molar-refractivity contribution in [3.63, 3.8) is 0 Å². The molecule has 0 bridgehead atoms. The molecule has 2 aromatic rings. The number of nitrogens with two attached hydrogens (primary N) is 1. The Bertz CT molecular complexity index is 609. The van der Waals surface area contributed by atoms with Crippen LogP contribution in [0.15, 0.2) is 24.3 Å². The number of benzene rings is 1. The maximum Gasteiger partial charge on any atom is 0.265 e. The highest BCUT2D eigenvalue weighted by molar-refractivity contribution is 7.18. The van der Waals surface area contributed by atoms with Crippen LogP contribution in [-0.4, -0.2) is 24.5 Å². The van der Waals surface area contributed by atoms with Crippen LogP contribution in [0.4, 0.5) is 10.9 Å². The summed E-state index contributed by atoms with van der Waals surface area (Å²) in [5.74, 6) is 0.0998. The lowest BCUT2D eigenvalue weighted by Crippen LogP contribution is -2.25. The van der Waals surface area contributed by atoms with Gasteiger partial charge in [-0.15, -0.1) is 0 Å². The van der Waals surface area contributed by atoms with E-state index in [4.69, 9.17) is 5.73 Å². The van der Waals surface area contributed by atoms with Gasteiger partial charge in [0.05, 0.1) is 0 Å². The van der Waals surface area contributed by atoms with Gasteiger partial charge in [0.1, 0.15) is 10.7 Å². The van der Waals surface area contributed by atoms with Gasteiger partial charge < -0.3 is 16.4 Å². The van der Waals surface area contributed by atoms with Crippen LogP contribution in [0, 0.1) is 6.92 Å². The Labute approximate surface area is 122 Å². The first-order chi connectivity index (χ1) is 9.61. The molecular weight excluding hydrogens is 272 g/mol. The Morgan fingerprint density at radius 2 is 2.15 bits per heavy atom. The SMILES string of the molecule is CNc1nc(N)c(C(=O)NCCc2ccccc2C)s1.